The lowest BCUT2D eigenvalue weighted by molar-refractivity contribution is -0.894. The molecule has 1 unspecified atom stereocenters. The van der Waals surface area contributed by atoms with E-state index in [2.05, 4.69) is 64.9 Å². The Morgan fingerprint density at radius 3 is 2.36 bits per heavy atom. The summed E-state index contributed by atoms with van der Waals surface area (Å²) >= 11 is 6.84. The minimum Gasteiger partial charge on any atom is -0.329 e. The van der Waals surface area contributed by atoms with E-state index in [4.69, 9.17) is 0 Å². The Kier molecular flexibility index (Phi) is 7.26. The van der Waals surface area contributed by atoms with Crippen LogP contribution in [0.2, 0.25) is 0 Å². The second kappa shape index (κ2) is 6.96. The van der Waals surface area contributed by atoms with Crippen LogP contribution in [0.25, 0.3) is 0 Å². The summed E-state index contributed by atoms with van der Waals surface area (Å²) in [5, 5.41) is 0.974. The molecular weight excluding hydrogens is 308 g/mol. The number of alkyl halides is 1. The largest absolute Gasteiger partial charge is 0.329 e. The fourth-order valence-corrected chi connectivity index (χ4v) is 2.20. The second-order valence-corrected chi connectivity index (χ2v) is 6.16. The number of hydrogen-bond donors (Lipinski definition) is 0. The summed E-state index contributed by atoms with van der Waals surface area (Å²) in [6.07, 6.45) is 2.12. The molecule has 0 saturated heterocycles. The van der Waals surface area contributed by atoms with Gasteiger partial charge in [0.25, 0.3) is 0 Å². The Labute approximate surface area is 105 Å². The van der Waals surface area contributed by atoms with Gasteiger partial charge in [0.1, 0.15) is 0 Å². The Hall–Kier alpha value is 0.590. The van der Waals surface area contributed by atoms with Gasteiger partial charge in [0, 0.05) is 24.7 Å². The van der Waals surface area contributed by atoms with Crippen molar-refractivity contribution in [2.24, 2.45) is 4.99 Å². The molecule has 2 nitrogen and oxygen atoms in total. The molecule has 0 aromatic carbocycles. The maximum atomic E-state index is 4.46. The van der Waals surface area contributed by atoms with Crippen LogP contribution in [-0.2, 0) is 0 Å². The van der Waals surface area contributed by atoms with E-state index in [1.54, 1.807) is 0 Å². The van der Waals surface area contributed by atoms with E-state index >= 15 is 0 Å². The van der Waals surface area contributed by atoms with Gasteiger partial charge in [0.05, 0.1) is 31.8 Å². The van der Waals surface area contributed by atoms with Crippen LogP contribution >= 0.6 is 31.9 Å². The van der Waals surface area contributed by atoms with Crippen molar-refractivity contribution in [3.8, 4) is 0 Å². The van der Waals surface area contributed by atoms with Crippen molar-refractivity contribution in [1.82, 2.24) is 0 Å². The van der Waals surface area contributed by atoms with Crippen LogP contribution in [0.5, 0.6) is 0 Å². The normalized spacial score (nSPS) is 15.7. The fraction of sp³-hybridized carbons (Fsp3) is 0.900. The van der Waals surface area contributed by atoms with Crippen molar-refractivity contribution in [2.45, 2.75) is 25.8 Å². The topological polar surface area (TPSA) is 12.4 Å². The molecule has 0 N–H and O–H groups in total. The van der Waals surface area contributed by atoms with Crippen LogP contribution < -0.4 is 0 Å². The molecule has 0 aliphatic rings. The minimum atomic E-state index is 0.656. The van der Waals surface area contributed by atoms with E-state index in [1.165, 1.54) is 0 Å². The van der Waals surface area contributed by atoms with Crippen LogP contribution in [0.4, 0.5) is 0 Å². The predicted octanol–water partition coefficient (Wildman–Crippen LogP) is 3.05. The number of halogens is 2. The third-order valence-electron chi connectivity index (χ3n) is 2.45. The molecule has 0 aliphatic carbocycles. The summed E-state index contributed by atoms with van der Waals surface area (Å²) in [6, 6.07) is 0.656. The molecule has 0 aromatic heterocycles. The lowest BCUT2D eigenvalue weighted by atomic mass is 10.2. The summed E-state index contributed by atoms with van der Waals surface area (Å²) in [4.78, 5) is 4.46. The van der Waals surface area contributed by atoms with Gasteiger partial charge in [-0.25, -0.2) is 0 Å². The van der Waals surface area contributed by atoms with E-state index < -0.39 is 0 Å². The highest BCUT2D eigenvalue weighted by Gasteiger charge is 2.16. The quantitative estimate of drug-likeness (QED) is 0.404. The zero-order chi connectivity index (χ0) is 11.2. The molecule has 0 saturated carbocycles. The fourth-order valence-electron chi connectivity index (χ4n) is 0.917. The highest BCUT2D eigenvalue weighted by atomic mass is 79.9. The predicted molar refractivity (Wildman–Crippen MR) is 71.8 cm³/mol. The average molecular weight is 329 g/mol. The first-order valence-corrected chi connectivity index (χ1v) is 6.85. The number of nitrogens with zero attached hydrogens (tertiary/aromatic N) is 2. The van der Waals surface area contributed by atoms with Crippen LogP contribution in [0.3, 0.4) is 0 Å². The molecule has 0 rings (SSSR count). The monoisotopic (exact) mass is 327 g/mol. The van der Waals surface area contributed by atoms with E-state index in [1.807, 2.05) is 0 Å². The molecule has 0 spiro atoms. The molecular formula is C10H21Br2N2+. The Morgan fingerprint density at radius 2 is 1.93 bits per heavy atom. The van der Waals surface area contributed by atoms with Gasteiger partial charge in [0.15, 0.2) is 0 Å². The minimum absolute atomic E-state index is 0.656. The van der Waals surface area contributed by atoms with E-state index in [0.29, 0.717) is 6.04 Å². The molecule has 0 fully saturated rings. The molecule has 1 atom stereocenters. The van der Waals surface area contributed by atoms with E-state index in [9.17, 15) is 0 Å². The van der Waals surface area contributed by atoms with Crippen molar-refractivity contribution in [1.29, 1.82) is 0 Å². The molecule has 0 aromatic rings. The first kappa shape index (κ1) is 14.6. The lowest BCUT2D eigenvalue weighted by Crippen LogP contribution is -2.43. The summed E-state index contributed by atoms with van der Waals surface area (Å²) in [6.45, 7) is 3.19. The number of aliphatic imine (C=N–C) groups is 1. The van der Waals surface area contributed by atoms with Gasteiger partial charge < -0.3 is 4.48 Å². The summed E-state index contributed by atoms with van der Waals surface area (Å²) in [5.74, 6) is 0. The van der Waals surface area contributed by atoms with Gasteiger partial charge in [-0.05, 0) is 22.9 Å². The van der Waals surface area contributed by atoms with Crippen LogP contribution in [0.15, 0.2) is 4.99 Å². The highest BCUT2D eigenvalue weighted by Crippen LogP contribution is 2.07. The molecule has 14 heavy (non-hydrogen) atoms. The summed E-state index contributed by atoms with van der Waals surface area (Å²) in [7, 11) is 6.67. The maximum Gasteiger partial charge on any atom is 0.0873 e. The molecule has 84 valence electrons. The molecule has 0 heterocycles. The third-order valence-corrected chi connectivity index (χ3v) is 3.50. The van der Waals surface area contributed by atoms with Gasteiger partial charge in [-0.1, -0.05) is 15.9 Å². The van der Waals surface area contributed by atoms with Crippen molar-refractivity contribution in [2.75, 3.05) is 33.0 Å². The van der Waals surface area contributed by atoms with Gasteiger partial charge in [-0.15, -0.1) is 0 Å². The van der Waals surface area contributed by atoms with Gasteiger partial charge >= 0.3 is 0 Å². The second-order valence-electron chi connectivity index (χ2n) is 4.45. The Morgan fingerprint density at radius 1 is 1.36 bits per heavy atom. The zero-order valence-electron chi connectivity index (χ0n) is 9.56. The van der Waals surface area contributed by atoms with Gasteiger partial charge in [0.2, 0.25) is 0 Å². The third kappa shape index (κ3) is 6.96. The number of quaternary nitrogens is 1. The van der Waals surface area contributed by atoms with E-state index in [-0.39, 0.29) is 0 Å². The van der Waals surface area contributed by atoms with Crippen LogP contribution in [0.1, 0.15) is 19.8 Å². The molecule has 0 amide bonds. The van der Waals surface area contributed by atoms with Crippen molar-refractivity contribution in [3.05, 3.63) is 0 Å². The SMILES string of the molecule is CC(CCN=C(Br)CCBr)[N+](C)(C)C. The molecule has 4 heteroatoms. The van der Waals surface area contributed by atoms with E-state index in [0.717, 1.165) is 33.8 Å². The smallest absolute Gasteiger partial charge is 0.0873 e. The average Bonchev–Trinajstić information content (AvgIpc) is 2.02. The summed E-state index contributed by atoms with van der Waals surface area (Å²) < 4.78 is 2.08. The van der Waals surface area contributed by atoms with Gasteiger partial charge in [-0.2, -0.15) is 0 Å². The first-order valence-electron chi connectivity index (χ1n) is 4.94. The van der Waals surface area contributed by atoms with Crippen molar-refractivity contribution in [3.63, 3.8) is 0 Å². The zero-order valence-corrected chi connectivity index (χ0v) is 12.7. The number of rotatable bonds is 6. The number of hydrogen-bond acceptors (Lipinski definition) is 1. The van der Waals surface area contributed by atoms with Crippen molar-refractivity contribution < 1.29 is 4.48 Å². The van der Waals surface area contributed by atoms with Crippen LogP contribution in [-0.4, -0.2) is 48.2 Å². The Bertz CT molecular complexity index is 185. The molecule has 0 bridgehead atoms. The molecule has 0 aliphatic heterocycles. The highest BCUT2D eigenvalue weighted by molar-refractivity contribution is 9.18. The maximum absolute atomic E-state index is 4.46. The Balaban J connectivity index is 3.79. The summed E-state index contributed by atoms with van der Waals surface area (Å²) in [5.41, 5.74) is 0. The first-order chi connectivity index (χ1) is 6.38. The van der Waals surface area contributed by atoms with Gasteiger partial charge in [-0.3, -0.25) is 4.99 Å². The van der Waals surface area contributed by atoms with Crippen LogP contribution in [0, 0.1) is 0 Å². The molecule has 0 radical (unpaired) electrons. The lowest BCUT2D eigenvalue weighted by Gasteiger charge is -2.31. The standard InChI is InChI=1S/C10H21Br2N2/c1-9(14(2,3)4)6-8-13-10(12)5-7-11/h9H,5-8H2,1-4H3/q+1. The van der Waals surface area contributed by atoms with Crippen molar-refractivity contribution >= 4 is 36.5 Å².